The van der Waals surface area contributed by atoms with Crippen molar-refractivity contribution in [2.75, 3.05) is 47.5 Å². The molecule has 532 valence electrons. The zero-order chi connectivity index (χ0) is 65.5. The average Bonchev–Trinajstić information content (AvgIpc) is 3.58. The average molecular weight is 1290 g/mol. The normalized spacial score (nSPS) is 13.2. The topological polar surface area (TPSA) is 108 Å². The minimum absolute atomic E-state index is 0.0341. The van der Waals surface area contributed by atoms with E-state index in [0.717, 1.165) is 44.9 Å². The van der Waals surface area contributed by atoms with Gasteiger partial charge in [0.25, 0.3) is 0 Å². The van der Waals surface area contributed by atoms with Crippen LogP contribution in [0.3, 0.4) is 0 Å². The maximum Gasteiger partial charge on any atom is 0.472 e. The summed E-state index contributed by atoms with van der Waals surface area (Å²) in [5.41, 5.74) is 0. The van der Waals surface area contributed by atoms with Crippen LogP contribution in [-0.4, -0.2) is 74.9 Å². The Morgan fingerprint density at radius 1 is 0.344 bits per heavy atom. The summed E-state index contributed by atoms with van der Waals surface area (Å²) in [6.45, 7) is 4.50. The molecule has 0 rings (SSSR count). The lowest BCUT2D eigenvalue weighted by atomic mass is 10.0. The summed E-state index contributed by atoms with van der Waals surface area (Å²) < 4.78 is 34.8. The van der Waals surface area contributed by atoms with Crippen molar-refractivity contribution in [2.24, 2.45) is 0 Å². The molecule has 0 bridgehead atoms. The van der Waals surface area contributed by atoms with Crippen LogP contribution in [-0.2, 0) is 32.7 Å². The molecule has 10 heteroatoms. The summed E-state index contributed by atoms with van der Waals surface area (Å²) in [6.07, 6.45) is 93.0. The van der Waals surface area contributed by atoms with Crippen molar-refractivity contribution >= 4 is 19.8 Å². The van der Waals surface area contributed by atoms with Gasteiger partial charge in [-0.1, -0.05) is 384 Å². The molecule has 0 spiro atoms. The lowest BCUT2D eigenvalue weighted by Crippen LogP contribution is -2.37. The smallest absolute Gasteiger partial charge is 0.462 e. The predicted octanol–water partition coefficient (Wildman–Crippen LogP) is 26.2. The van der Waals surface area contributed by atoms with Crippen LogP contribution in [0, 0.1) is 0 Å². The Hall–Kier alpha value is -1.77. The maximum absolute atomic E-state index is 12.9. The number of rotatable bonds is 75. The Balaban J connectivity index is 3.91. The molecule has 0 aromatic carbocycles. The maximum atomic E-state index is 12.9. The Bertz CT molecular complexity index is 1610. The molecule has 2 unspecified atom stereocenters. The van der Waals surface area contributed by atoms with E-state index in [1.165, 1.54) is 334 Å². The third-order valence-corrected chi connectivity index (χ3v) is 19.2. The Labute approximate surface area is 561 Å². The van der Waals surface area contributed by atoms with Gasteiger partial charge < -0.3 is 18.9 Å². The number of hydrogen-bond acceptors (Lipinski definition) is 7. The van der Waals surface area contributed by atoms with Gasteiger partial charge in [-0.2, -0.15) is 0 Å². The fourth-order valence-electron chi connectivity index (χ4n) is 12.1. The van der Waals surface area contributed by atoms with Crippen LogP contribution in [0.1, 0.15) is 412 Å². The monoisotopic (exact) mass is 1290 g/mol. The van der Waals surface area contributed by atoms with Crippen molar-refractivity contribution in [3.63, 3.8) is 0 Å². The highest BCUT2D eigenvalue weighted by molar-refractivity contribution is 7.47. The zero-order valence-electron chi connectivity index (χ0n) is 60.9. The number of hydrogen-bond donors (Lipinski definition) is 1. The van der Waals surface area contributed by atoms with Crippen molar-refractivity contribution in [1.29, 1.82) is 0 Å². The molecule has 0 aliphatic rings. The van der Waals surface area contributed by atoms with Crippen LogP contribution in [0.5, 0.6) is 0 Å². The zero-order valence-corrected chi connectivity index (χ0v) is 61.8. The quantitative estimate of drug-likeness (QED) is 0.0211. The standard InChI is InChI=1S/C80H154NO8P/c1-6-8-10-12-14-16-18-20-22-24-26-28-30-32-34-36-37-38-39-40-41-42-43-45-46-48-50-52-54-56-58-60-62-64-66-68-70-72-79(82)86-76-78(77-88-90(84,85)87-75-74-81(3,4)5)89-80(83)73-71-69-67-65-63-61-59-57-55-53-51-49-47-44-35-33-31-29-27-25-23-21-19-17-15-13-11-9-7-2/h19,21,25,27,31,33,78H,6-18,20,22-24,26,28-30,32,34-77H2,1-5H3/p+1/b21-19-,27-25-,33-31-. The van der Waals surface area contributed by atoms with Crippen LogP contribution in [0.4, 0.5) is 0 Å². The molecule has 0 saturated heterocycles. The minimum atomic E-state index is -4.39. The van der Waals surface area contributed by atoms with Gasteiger partial charge in [0.1, 0.15) is 19.8 Å². The Morgan fingerprint density at radius 3 is 0.889 bits per heavy atom. The van der Waals surface area contributed by atoms with Gasteiger partial charge in [0.2, 0.25) is 0 Å². The van der Waals surface area contributed by atoms with E-state index in [9.17, 15) is 19.0 Å². The SMILES string of the molecule is CCCCCCC/C=C\C/C=C\C/C=C\CCCCCCCCCCCCCCCCC(=O)OC(COC(=O)CCCCCCCCCCCCCCCCCCCCCCCCCCCCCCCCCCCCCCC)COP(=O)(O)OCC[N+](C)(C)C. The third-order valence-electron chi connectivity index (χ3n) is 18.2. The van der Waals surface area contributed by atoms with Crippen molar-refractivity contribution in [2.45, 2.75) is 418 Å². The molecule has 0 heterocycles. The van der Waals surface area contributed by atoms with Gasteiger partial charge in [-0.05, 0) is 51.4 Å². The molecule has 90 heavy (non-hydrogen) atoms. The number of phosphoric acid groups is 1. The highest BCUT2D eigenvalue weighted by atomic mass is 31.2. The second kappa shape index (κ2) is 71.5. The van der Waals surface area contributed by atoms with Crippen LogP contribution in [0.2, 0.25) is 0 Å². The number of nitrogens with zero attached hydrogens (tertiary/aromatic N) is 1. The van der Waals surface area contributed by atoms with E-state index in [0.29, 0.717) is 23.9 Å². The number of phosphoric ester groups is 1. The summed E-state index contributed by atoms with van der Waals surface area (Å²) in [6, 6.07) is 0. The van der Waals surface area contributed by atoms with E-state index in [2.05, 4.69) is 50.3 Å². The minimum Gasteiger partial charge on any atom is -0.462 e. The number of ether oxygens (including phenoxy) is 2. The lowest BCUT2D eigenvalue weighted by Gasteiger charge is -2.24. The molecule has 1 N–H and O–H groups in total. The van der Waals surface area contributed by atoms with Crippen molar-refractivity contribution in [3.05, 3.63) is 36.5 Å². The number of allylic oxidation sites excluding steroid dienone is 6. The van der Waals surface area contributed by atoms with Gasteiger partial charge in [-0.3, -0.25) is 18.6 Å². The highest BCUT2D eigenvalue weighted by Gasteiger charge is 2.27. The largest absolute Gasteiger partial charge is 0.472 e. The second-order valence-corrected chi connectivity index (χ2v) is 29.9. The Morgan fingerprint density at radius 2 is 0.600 bits per heavy atom. The second-order valence-electron chi connectivity index (χ2n) is 28.5. The number of quaternary nitrogens is 1. The number of carbonyl (C=O) groups is 2. The first-order valence-corrected chi connectivity index (χ1v) is 41.2. The van der Waals surface area contributed by atoms with Crippen LogP contribution in [0.25, 0.3) is 0 Å². The van der Waals surface area contributed by atoms with E-state index >= 15 is 0 Å². The van der Waals surface area contributed by atoms with Crippen molar-refractivity contribution < 1.29 is 42.1 Å². The highest BCUT2D eigenvalue weighted by Crippen LogP contribution is 2.43. The van der Waals surface area contributed by atoms with Gasteiger partial charge in [0.15, 0.2) is 6.10 Å². The lowest BCUT2D eigenvalue weighted by molar-refractivity contribution is -0.870. The number of carbonyl (C=O) groups excluding carboxylic acids is 2. The number of likely N-dealkylation sites (N-methyl/N-ethyl adjacent to an activating group) is 1. The van der Waals surface area contributed by atoms with Crippen LogP contribution in [0.15, 0.2) is 36.5 Å². The first-order valence-electron chi connectivity index (χ1n) is 39.7. The molecule has 0 aromatic rings. The molecule has 9 nitrogen and oxygen atoms in total. The Kier molecular flexibility index (Phi) is 70.1. The van der Waals surface area contributed by atoms with Gasteiger partial charge in [0.05, 0.1) is 27.7 Å². The molecule has 0 amide bonds. The molecule has 0 aromatic heterocycles. The predicted molar refractivity (Wildman–Crippen MR) is 390 cm³/mol. The van der Waals surface area contributed by atoms with E-state index in [1.54, 1.807) is 0 Å². The third kappa shape index (κ3) is 75.3. The molecule has 0 aliphatic heterocycles. The van der Waals surface area contributed by atoms with Gasteiger partial charge >= 0.3 is 19.8 Å². The molecular weight excluding hydrogens is 1130 g/mol. The van der Waals surface area contributed by atoms with Crippen molar-refractivity contribution in [3.8, 4) is 0 Å². The number of unbranched alkanes of at least 4 members (excludes halogenated alkanes) is 55. The van der Waals surface area contributed by atoms with E-state index in [1.807, 2.05) is 21.1 Å². The van der Waals surface area contributed by atoms with Gasteiger partial charge in [0, 0.05) is 12.8 Å². The first-order chi connectivity index (χ1) is 44.0. The summed E-state index contributed by atoms with van der Waals surface area (Å²) >= 11 is 0. The fraction of sp³-hybridized carbons (Fsp3) is 0.900. The van der Waals surface area contributed by atoms with Gasteiger partial charge in [-0.25, -0.2) is 4.57 Å². The van der Waals surface area contributed by atoms with E-state index in [4.69, 9.17) is 18.5 Å². The summed E-state index contributed by atoms with van der Waals surface area (Å²) in [5, 5.41) is 0. The van der Waals surface area contributed by atoms with Crippen LogP contribution < -0.4 is 0 Å². The molecule has 0 fully saturated rings. The van der Waals surface area contributed by atoms with E-state index in [-0.39, 0.29) is 25.6 Å². The molecular formula is C80H155NO8P+. The summed E-state index contributed by atoms with van der Waals surface area (Å²) in [5.74, 6) is -0.775. The summed E-state index contributed by atoms with van der Waals surface area (Å²) in [4.78, 5) is 36.0. The molecule has 0 radical (unpaired) electrons. The summed E-state index contributed by atoms with van der Waals surface area (Å²) in [7, 11) is 1.50. The van der Waals surface area contributed by atoms with Gasteiger partial charge in [-0.15, -0.1) is 0 Å². The molecule has 0 aliphatic carbocycles. The van der Waals surface area contributed by atoms with Crippen molar-refractivity contribution in [1.82, 2.24) is 0 Å². The van der Waals surface area contributed by atoms with Crippen LogP contribution >= 0.6 is 7.82 Å². The number of esters is 2. The fourth-order valence-corrected chi connectivity index (χ4v) is 12.8. The molecule has 2 atom stereocenters. The van der Waals surface area contributed by atoms with E-state index < -0.39 is 26.5 Å². The molecule has 0 saturated carbocycles. The first kappa shape index (κ1) is 88.2.